The largest absolute Gasteiger partial charge is 0.495 e. The second kappa shape index (κ2) is 13.3. The zero-order valence-electron chi connectivity index (χ0n) is 18.5. The summed E-state index contributed by atoms with van der Waals surface area (Å²) in [7, 11) is 5.18. The molecule has 170 valence electrons. The highest BCUT2D eigenvalue weighted by Crippen LogP contribution is 2.30. The number of nitrogens with one attached hydrogen (secondary N) is 2. The number of ether oxygens (including phenoxy) is 3. The lowest BCUT2D eigenvalue weighted by Gasteiger charge is -2.22. The third kappa shape index (κ3) is 7.46. The summed E-state index contributed by atoms with van der Waals surface area (Å²) in [6.45, 7) is 3.68. The minimum absolute atomic E-state index is 0. The molecule has 8 heteroatoms. The summed E-state index contributed by atoms with van der Waals surface area (Å²) in [5.41, 5.74) is 2.27. The average molecular weight is 540 g/mol. The minimum Gasteiger partial charge on any atom is -0.495 e. The van der Waals surface area contributed by atoms with Crippen LogP contribution in [0.15, 0.2) is 53.5 Å². The number of hydrogen-bond donors (Lipinski definition) is 2. The second-order valence-corrected chi connectivity index (χ2v) is 7.16. The van der Waals surface area contributed by atoms with Crippen molar-refractivity contribution < 1.29 is 14.2 Å². The zero-order valence-corrected chi connectivity index (χ0v) is 20.8. The number of benzene rings is 2. The Balaban J connectivity index is 0.00000341. The molecule has 1 atom stereocenters. The Morgan fingerprint density at radius 2 is 1.97 bits per heavy atom. The molecule has 0 amide bonds. The van der Waals surface area contributed by atoms with Crippen LogP contribution in [-0.2, 0) is 11.3 Å². The predicted molar refractivity (Wildman–Crippen MR) is 136 cm³/mol. The van der Waals surface area contributed by atoms with Crippen molar-refractivity contribution in [2.24, 2.45) is 4.99 Å². The Morgan fingerprint density at radius 3 is 2.74 bits per heavy atom. The van der Waals surface area contributed by atoms with Crippen LogP contribution in [0.4, 0.5) is 5.69 Å². The molecular weight excluding hydrogens is 507 g/mol. The molecule has 7 nitrogen and oxygen atoms in total. The molecular formula is C23H33IN4O3. The maximum atomic E-state index is 5.69. The third-order valence-corrected chi connectivity index (χ3v) is 5.09. The van der Waals surface area contributed by atoms with Crippen molar-refractivity contribution in [3.05, 3.63) is 54.1 Å². The standard InChI is InChI=1S/C23H32N4O3.HI/c1-24-23(25-16-18-7-6-8-20(15-18)30-14-13-28-2)26-19-11-12-27(17-19)21-9-4-5-10-22(21)29-3;/h4-10,15,19H,11-14,16-17H2,1-3H3,(H2,24,25,26);1H. The third-order valence-electron chi connectivity index (χ3n) is 5.09. The first-order valence-corrected chi connectivity index (χ1v) is 10.3. The topological polar surface area (TPSA) is 67.4 Å². The molecule has 1 heterocycles. The highest BCUT2D eigenvalue weighted by atomic mass is 127. The number of aliphatic imine (C=N–C) groups is 1. The van der Waals surface area contributed by atoms with Crippen LogP contribution in [0.3, 0.4) is 0 Å². The molecule has 2 N–H and O–H groups in total. The van der Waals surface area contributed by atoms with Gasteiger partial charge in [-0.15, -0.1) is 24.0 Å². The van der Waals surface area contributed by atoms with Crippen molar-refractivity contribution in [3.63, 3.8) is 0 Å². The van der Waals surface area contributed by atoms with Crippen LogP contribution in [0.25, 0.3) is 0 Å². The summed E-state index contributed by atoms with van der Waals surface area (Å²) in [4.78, 5) is 6.74. The van der Waals surface area contributed by atoms with Crippen LogP contribution < -0.4 is 25.0 Å². The number of para-hydroxylation sites is 2. The number of nitrogens with zero attached hydrogens (tertiary/aromatic N) is 2. The molecule has 0 radical (unpaired) electrons. The summed E-state index contributed by atoms with van der Waals surface area (Å²) in [6.07, 6.45) is 1.04. The molecule has 3 rings (SSSR count). The highest BCUT2D eigenvalue weighted by Gasteiger charge is 2.25. The Labute approximate surface area is 202 Å². The maximum absolute atomic E-state index is 5.69. The van der Waals surface area contributed by atoms with Crippen molar-refractivity contribution >= 4 is 35.6 Å². The lowest BCUT2D eigenvalue weighted by molar-refractivity contribution is 0.146. The van der Waals surface area contributed by atoms with Crippen molar-refractivity contribution in [2.75, 3.05) is 52.5 Å². The molecule has 1 aliphatic rings. The molecule has 2 aromatic carbocycles. The summed E-state index contributed by atoms with van der Waals surface area (Å²) in [5.74, 6) is 2.55. The van der Waals surface area contributed by atoms with Gasteiger partial charge in [0, 0.05) is 39.8 Å². The maximum Gasteiger partial charge on any atom is 0.191 e. The zero-order chi connectivity index (χ0) is 21.2. The van der Waals surface area contributed by atoms with Crippen LogP contribution in [-0.4, -0.2) is 59.6 Å². The smallest absolute Gasteiger partial charge is 0.191 e. The van der Waals surface area contributed by atoms with Crippen LogP contribution in [0.1, 0.15) is 12.0 Å². The van der Waals surface area contributed by atoms with E-state index in [2.05, 4.69) is 32.7 Å². The second-order valence-electron chi connectivity index (χ2n) is 7.16. The van der Waals surface area contributed by atoms with E-state index in [9.17, 15) is 0 Å². The first kappa shape index (κ1) is 25.1. The van der Waals surface area contributed by atoms with Gasteiger partial charge < -0.3 is 29.7 Å². The van der Waals surface area contributed by atoms with E-state index in [0.29, 0.717) is 25.8 Å². The van der Waals surface area contributed by atoms with Gasteiger partial charge in [0.05, 0.1) is 19.4 Å². The van der Waals surface area contributed by atoms with E-state index in [1.165, 1.54) is 0 Å². The molecule has 0 aliphatic carbocycles. The van der Waals surface area contributed by atoms with Crippen LogP contribution >= 0.6 is 24.0 Å². The molecule has 1 fully saturated rings. The van der Waals surface area contributed by atoms with Crippen molar-refractivity contribution in [1.29, 1.82) is 0 Å². The summed E-state index contributed by atoms with van der Waals surface area (Å²) in [5, 5.41) is 6.94. The summed E-state index contributed by atoms with van der Waals surface area (Å²) < 4.78 is 16.2. The van der Waals surface area contributed by atoms with Crippen molar-refractivity contribution in [1.82, 2.24) is 10.6 Å². The highest BCUT2D eigenvalue weighted by molar-refractivity contribution is 14.0. The Morgan fingerprint density at radius 1 is 1.13 bits per heavy atom. The first-order chi connectivity index (χ1) is 14.7. The van der Waals surface area contributed by atoms with E-state index in [-0.39, 0.29) is 24.0 Å². The molecule has 31 heavy (non-hydrogen) atoms. The molecule has 0 saturated carbocycles. The van der Waals surface area contributed by atoms with Gasteiger partial charge in [-0.1, -0.05) is 24.3 Å². The van der Waals surface area contributed by atoms with E-state index >= 15 is 0 Å². The van der Waals surface area contributed by atoms with Crippen molar-refractivity contribution in [2.45, 2.75) is 19.0 Å². The van der Waals surface area contributed by atoms with Crippen LogP contribution in [0.5, 0.6) is 11.5 Å². The van der Waals surface area contributed by atoms with E-state index in [1.807, 2.05) is 36.4 Å². The van der Waals surface area contributed by atoms with Gasteiger partial charge in [-0.2, -0.15) is 0 Å². The fraction of sp³-hybridized carbons (Fsp3) is 0.435. The van der Waals surface area contributed by atoms with E-state index in [1.54, 1.807) is 21.3 Å². The monoisotopic (exact) mass is 540 g/mol. The number of hydrogen-bond acceptors (Lipinski definition) is 5. The van der Waals surface area contributed by atoms with Gasteiger partial charge >= 0.3 is 0 Å². The fourth-order valence-electron chi connectivity index (χ4n) is 3.55. The number of anilines is 1. The van der Waals surface area contributed by atoms with Gasteiger partial charge in [0.2, 0.25) is 0 Å². The summed E-state index contributed by atoms with van der Waals surface area (Å²) >= 11 is 0. The van der Waals surface area contributed by atoms with E-state index in [4.69, 9.17) is 14.2 Å². The van der Waals surface area contributed by atoms with Gasteiger partial charge in [-0.3, -0.25) is 4.99 Å². The Kier molecular flexibility index (Phi) is 10.7. The number of guanidine groups is 1. The van der Waals surface area contributed by atoms with Crippen molar-refractivity contribution in [3.8, 4) is 11.5 Å². The van der Waals surface area contributed by atoms with Gasteiger partial charge in [0.25, 0.3) is 0 Å². The summed E-state index contributed by atoms with van der Waals surface area (Å²) in [6, 6.07) is 16.5. The lowest BCUT2D eigenvalue weighted by Crippen LogP contribution is -2.44. The molecule has 1 saturated heterocycles. The van der Waals surface area contributed by atoms with E-state index < -0.39 is 0 Å². The van der Waals surface area contributed by atoms with Gasteiger partial charge in [-0.25, -0.2) is 0 Å². The van der Waals surface area contributed by atoms with Crippen LogP contribution in [0, 0.1) is 0 Å². The average Bonchev–Trinajstić information content (AvgIpc) is 3.25. The minimum atomic E-state index is 0. The molecule has 1 unspecified atom stereocenters. The molecule has 0 spiro atoms. The van der Waals surface area contributed by atoms with Gasteiger partial charge in [0.15, 0.2) is 5.96 Å². The molecule has 0 bridgehead atoms. The molecule has 1 aliphatic heterocycles. The van der Waals surface area contributed by atoms with Gasteiger partial charge in [0.1, 0.15) is 18.1 Å². The SMILES string of the molecule is CN=C(NCc1cccc(OCCOC)c1)NC1CCN(c2ccccc2OC)C1.I. The fourth-order valence-corrected chi connectivity index (χ4v) is 3.55. The molecule has 2 aromatic rings. The number of methoxy groups -OCH3 is 2. The normalized spacial score (nSPS) is 15.9. The van der Waals surface area contributed by atoms with Gasteiger partial charge in [-0.05, 0) is 36.2 Å². The van der Waals surface area contributed by atoms with Crippen LogP contribution in [0.2, 0.25) is 0 Å². The number of halogens is 1. The lowest BCUT2D eigenvalue weighted by atomic mass is 10.2. The Hall–Kier alpha value is -2.20. The number of rotatable bonds is 9. The predicted octanol–water partition coefficient (Wildman–Crippen LogP) is 3.28. The quantitative estimate of drug-likeness (QED) is 0.220. The van der Waals surface area contributed by atoms with E-state index in [0.717, 1.165) is 48.2 Å². The Bertz CT molecular complexity index is 834. The molecule has 0 aromatic heterocycles. The first-order valence-electron chi connectivity index (χ1n) is 10.3.